The van der Waals surface area contributed by atoms with E-state index in [1.54, 1.807) is 12.4 Å². The molecule has 2 rings (SSSR count). The minimum Gasteiger partial charge on any atom is -0.494 e. The van der Waals surface area contributed by atoms with Crippen LogP contribution in [0.5, 0.6) is 5.75 Å². The molecule has 0 aliphatic carbocycles. The van der Waals surface area contributed by atoms with Crippen LogP contribution in [0.2, 0.25) is 0 Å². The molecule has 1 aromatic heterocycles. The number of carbonyl (C=O) groups is 1. The summed E-state index contributed by atoms with van der Waals surface area (Å²) < 4.78 is 5.37. The summed E-state index contributed by atoms with van der Waals surface area (Å²) >= 11 is 0. The lowest BCUT2D eigenvalue weighted by molar-refractivity contribution is -0.116. The minimum atomic E-state index is -0.00415. The molecule has 0 radical (unpaired) electrons. The predicted molar refractivity (Wildman–Crippen MR) is 83.5 cm³/mol. The van der Waals surface area contributed by atoms with Crippen molar-refractivity contribution in [3.05, 3.63) is 54.4 Å². The average molecular weight is 284 g/mol. The van der Waals surface area contributed by atoms with Crippen molar-refractivity contribution in [1.82, 2.24) is 4.98 Å². The topological polar surface area (TPSA) is 51.2 Å². The largest absolute Gasteiger partial charge is 0.494 e. The summed E-state index contributed by atoms with van der Waals surface area (Å²) in [6.45, 7) is 4.60. The maximum Gasteiger partial charge on any atom is 0.224 e. The molecule has 1 heterocycles. The van der Waals surface area contributed by atoms with Crippen LogP contribution in [0.1, 0.15) is 31.7 Å². The Morgan fingerprint density at radius 2 is 2.05 bits per heavy atom. The maximum atomic E-state index is 12.0. The number of hydrogen-bond donors (Lipinski definition) is 1. The standard InChI is InChI=1S/C17H20N2O2/c1-3-21-16-8-6-15(7-9-16)19-17(20)11-13(2)14-5-4-10-18-12-14/h4-10,12-13H,3,11H2,1-2H3,(H,19,20). The second-order valence-corrected chi connectivity index (χ2v) is 4.90. The van der Waals surface area contributed by atoms with Gasteiger partial charge in [-0.05, 0) is 48.7 Å². The number of amides is 1. The molecule has 0 aliphatic heterocycles. The number of nitrogens with zero attached hydrogens (tertiary/aromatic N) is 1. The smallest absolute Gasteiger partial charge is 0.224 e. The van der Waals surface area contributed by atoms with Crippen LogP contribution in [0.4, 0.5) is 5.69 Å². The zero-order chi connectivity index (χ0) is 15.1. The Labute approximate surface area is 125 Å². The van der Waals surface area contributed by atoms with E-state index >= 15 is 0 Å². The van der Waals surface area contributed by atoms with Crippen LogP contribution in [0.3, 0.4) is 0 Å². The van der Waals surface area contributed by atoms with Crippen molar-refractivity contribution in [3.63, 3.8) is 0 Å². The highest BCUT2D eigenvalue weighted by Crippen LogP contribution is 2.20. The molecule has 0 spiro atoms. The van der Waals surface area contributed by atoms with E-state index in [1.165, 1.54) is 0 Å². The number of carbonyl (C=O) groups excluding carboxylic acids is 1. The molecule has 110 valence electrons. The Morgan fingerprint density at radius 1 is 1.29 bits per heavy atom. The fourth-order valence-electron chi connectivity index (χ4n) is 2.08. The van der Waals surface area contributed by atoms with Crippen LogP contribution in [-0.2, 0) is 4.79 Å². The number of ether oxygens (including phenoxy) is 1. The fourth-order valence-corrected chi connectivity index (χ4v) is 2.08. The van der Waals surface area contributed by atoms with Crippen LogP contribution < -0.4 is 10.1 Å². The normalized spacial score (nSPS) is 11.7. The fraction of sp³-hybridized carbons (Fsp3) is 0.294. The second-order valence-electron chi connectivity index (χ2n) is 4.90. The second kappa shape index (κ2) is 7.43. The molecule has 4 nitrogen and oxygen atoms in total. The lowest BCUT2D eigenvalue weighted by atomic mass is 9.99. The van der Waals surface area contributed by atoms with E-state index in [-0.39, 0.29) is 11.8 Å². The summed E-state index contributed by atoms with van der Waals surface area (Å²) in [4.78, 5) is 16.1. The van der Waals surface area contributed by atoms with Crippen LogP contribution >= 0.6 is 0 Å². The number of rotatable bonds is 6. The van der Waals surface area contributed by atoms with E-state index in [0.29, 0.717) is 13.0 Å². The van der Waals surface area contributed by atoms with Crippen molar-refractivity contribution in [2.75, 3.05) is 11.9 Å². The molecule has 4 heteroatoms. The molecule has 0 saturated carbocycles. The maximum absolute atomic E-state index is 12.0. The lowest BCUT2D eigenvalue weighted by Crippen LogP contribution is -2.14. The van der Waals surface area contributed by atoms with Crippen LogP contribution in [0, 0.1) is 0 Å². The number of anilines is 1. The first-order chi connectivity index (χ1) is 10.2. The zero-order valence-corrected chi connectivity index (χ0v) is 12.4. The summed E-state index contributed by atoms with van der Waals surface area (Å²) in [6.07, 6.45) is 3.96. The lowest BCUT2D eigenvalue weighted by Gasteiger charge is -2.12. The van der Waals surface area contributed by atoms with Crippen LogP contribution in [-0.4, -0.2) is 17.5 Å². The first kappa shape index (κ1) is 15.0. The van der Waals surface area contributed by atoms with E-state index in [1.807, 2.05) is 50.2 Å². The monoisotopic (exact) mass is 284 g/mol. The Balaban J connectivity index is 1.89. The van der Waals surface area contributed by atoms with Crippen LogP contribution in [0.15, 0.2) is 48.8 Å². The molecule has 1 unspecified atom stereocenters. The van der Waals surface area contributed by atoms with Gasteiger partial charge in [0.05, 0.1) is 6.61 Å². The highest BCUT2D eigenvalue weighted by Gasteiger charge is 2.11. The molecule has 1 aromatic carbocycles. The number of aromatic nitrogens is 1. The number of pyridine rings is 1. The van der Waals surface area contributed by atoms with Gasteiger partial charge in [0.1, 0.15) is 5.75 Å². The molecule has 0 saturated heterocycles. The van der Waals surface area contributed by atoms with Gasteiger partial charge in [0.25, 0.3) is 0 Å². The third-order valence-corrected chi connectivity index (χ3v) is 3.19. The summed E-state index contributed by atoms with van der Waals surface area (Å²) in [6, 6.07) is 11.3. The van der Waals surface area contributed by atoms with Gasteiger partial charge < -0.3 is 10.1 Å². The molecule has 21 heavy (non-hydrogen) atoms. The number of nitrogens with one attached hydrogen (secondary N) is 1. The van der Waals surface area contributed by atoms with Gasteiger partial charge in [-0.1, -0.05) is 13.0 Å². The molecular formula is C17H20N2O2. The quantitative estimate of drug-likeness (QED) is 0.881. The van der Waals surface area contributed by atoms with Crippen LogP contribution in [0.25, 0.3) is 0 Å². The Kier molecular flexibility index (Phi) is 5.32. The molecule has 1 amide bonds. The highest BCUT2D eigenvalue weighted by molar-refractivity contribution is 5.91. The summed E-state index contributed by atoms with van der Waals surface area (Å²) in [7, 11) is 0. The predicted octanol–water partition coefficient (Wildman–Crippen LogP) is 3.61. The van der Waals surface area contributed by atoms with E-state index < -0.39 is 0 Å². The molecule has 1 N–H and O–H groups in total. The third kappa shape index (κ3) is 4.60. The first-order valence-electron chi connectivity index (χ1n) is 7.11. The Morgan fingerprint density at radius 3 is 2.67 bits per heavy atom. The zero-order valence-electron chi connectivity index (χ0n) is 12.4. The van der Waals surface area contributed by atoms with Crippen molar-refractivity contribution in [1.29, 1.82) is 0 Å². The highest BCUT2D eigenvalue weighted by atomic mass is 16.5. The van der Waals surface area contributed by atoms with E-state index in [9.17, 15) is 4.79 Å². The summed E-state index contributed by atoms with van der Waals surface area (Å²) in [5.74, 6) is 0.941. The SMILES string of the molecule is CCOc1ccc(NC(=O)CC(C)c2cccnc2)cc1. The third-order valence-electron chi connectivity index (χ3n) is 3.19. The average Bonchev–Trinajstić information content (AvgIpc) is 2.50. The summed E-state index contributed by atoms with van der Waals surface area (Å²) in [5.41, 5.74) is 1.85. The van der Waals surface area contributed by atoms with Gasteiger partial charge in [-0.15, -0.1) is 0 Å². The van der Waals surface area contributed by atoms with Crippen molar-refractivity contribution in [3.8, 4) is 5.75 Å². The Hall–Kier alpha value is -2.36. The Bertz CT molecular complexity index is 567. The number of hydrogen-bond acceptors (Lipinski definition) is 3. The molecule has 1 atom stereocenters. The van der Waals surface area contributed by atoms with E-state index in [2.05, 4.69) is 10.3 Å². The van der Waals surface area contributed by atoms with E-state index in [4.69, 9.17) is 4.74 Å². The van der Waals surface area contributed by atoms with Gasteiger partial charge in [-0.3, -0.25) is 9.78 Å². The van der Waals surface area contributed by atoms with Gasteiger partial charge >= 0.3 is 0 Å². The van der Waals surface area contributed by atoms with Crippen molar-refractivity contribution >= 4 is 11.6 Å². The molecular weight excluding hydrogens is 264 g/mol. The molecule has 0 bridgehead atoms. The van der Waals surface area contributed by atoms with Gasteiger partial charge in [0.15, 0.2) is 0 Å². The minimum absolute atomic E-state index is 0.00415. The van der Waals surface area contributed by atoms with Gasteiger partial charge in [-0.2, -0.15) is 0 Å². The molecule has 0 aliphatic rings. The first-order valence-corrected chi connectivity index (χ1v) is 7.11. The van der Waals surface area contributed by atoms with Crippen molar-refractivity contribution in [2.45, 2.75) is 26.2 Å². The van der Waals surface area contributed by atoms with Crippen molar-refractivity contribution < 1.29 is 9.53 Å². The van der Waals surface area contributed by atoms with Gasteiger partial charge in [-0.25, -0.2) is 0 Å². The summed E-state index contributed by atoms with van der Waals surface area (Å²) in [5, 5.41) is 2.90. The van der Waals surface area contributed by atoms with Gasteiger partial charge in [0.2, 0.25) is 5.91 Å². The molecule has 0 fully saturated rings. The van der Waals surface area contributed by atoms with Gasteiger partial charge in [0, 0.05) is 24.5 Å². The number of benzene rings is 1. The van der Waals surface area contributed by atoms with E-state index in [0.717, 1.165) is 17.0 Å². The van der Waals surface area contributed by atoms with Crippen molar-refractivity contribution in [2.24, 2.45) is 0 Å². The molecule has 2 aromatic rings.